The van der Waals surface area contributed by atoms with E-state index >= 15 is 0 Å². The number of H-pyrrole nitrogens is 1. The van der Waals surface area contributed by atoms with E-state index in [4.69, 9.17) is 18.9 Å². The average molecular weight is 585 g/mol. The number of nitrogens with one attached hydrogen (secondary N) is 1. The van der Waals surface area contributed by atoms with Crippen molar-refractivity contribution in [1.29, 1.82) is 0 Å². The molecule has 0 amide bonds. The summed E-state index contributed by atoms with van der Waals surface area (Å²) in [6, 6.07) is 24.3. The second kappa shape index (κ2) is 12.7. The molecule has 4 atom stereocenters. The molecule has 1 aliphatic rings. The van der Waals surface area contributed by atoms with E-state index in [1.807, 2.05) is 0 Å². The van der Waals surface area contributed by atoms with Gasteiger partial charge in [0.05, 0.1) is 16.7 Å². The molecule has 1 saturated heterocycles. The summed E-state index contributed by atoms with van der Waals surface area (Å²) in [6.45, 7) is 2.64. The third kappa shape index (κ3) is 6.31. The Bertz CT molecular complexity index is 1730. The fourth-order valence-electron chi connectivity index (χ4n) is 4.64. The molecule has 43 heavy (non-hydrogen) atoms. The number of hydrogen-bond donors (Lipinski definition) is 1. The zero-order valence-corrected chi connectivity index (χ0v) is 23.3. The molecule has 5 rings (SSSR count). The van der Waals surface area contributed by atoms with E-state index in [-0.39, 0.29) is 22.3 Å². The normalized spacial score (nSPS) is 19.4. The van der Waals surface area contributed by atoms with Crippen molar-refractivity contribution in [3.8, 4) is 0 Å². The van der Waals surface area contributed by atoms with Crippen LogP contribution in [0.5, 0.6) is 0 Å². The van der Waals surface area contributed by atoms with E-state index in [0.717, 1.165) is 4.57 Å². The highest BCUT2D eigenvalue weighted by molar-refractivity contribution is 5.91. The number of aryl methyl sites for hydroxylation is 1. The van der Waals surface area contributed by atoms with Gasteiger partial charge in [-0.05, 0) is 50.2 Å². The van der Waals surface area contributed by atoms with Crippen molar-refractivity contribution in [2.75, 3.05) is 6.61 Å². The third-order valence-electron chi connectivity index (χ3n) is 7.05. The Balaban J connectivity index is 1.55. The van der Waals surface area contributed by atoms with Crippen LogP contribution in [0.2, 0.25) is 0 Å². The fourth-order valence-corrected chi connectivity index (χ4v) is 4.64. The smallest absolute Gasteiger partial charge is 0.338 e. The molecule has 0 aliphatic carbocycles. The lowest BCUT2D eigenvalue weighted by molar-refractivity contribution is -0.0653. The summed E-state index contributed by atoms with van der Waals surface area (Å²) in [4.78, 5) is 68.3. The summed E-state index contributed by atoms with van der Waals surface area (Å²) >= 11 is 0. The van der Waals surface area contributed by atoms with Gasteiger partial charge in [-0.3, -0.25) is 4.79 Å². The van der Waals surface area contributed by atoms with Crippen LogP contribution in [0.4, 0.5) is 0 Å². The van der Waals surface area contributed by atoms with Crippen molar-refractivity contribution in [3.05, 3.63) is 140 Å². The molecule has 0 radical (unpaired) electrons. The number of rotatable bonds is 8. The van der Waals surface area contributed by atoms with Crippen LogP contribution in [0.1, 0.15) is 48.6 Å². The molecule has 3 aromatic carbocycles. The first kappa shape index (κ1) is 29.2. The van der Waals surface area contributed by atoms with Gasteiger partial charge in [0.2, 0.25) is 0 Å². The maximum absolute atomic E-state index is 13.3. The van der Waals surface area contributed by atoms with Crippen LogP contribution >= 0.6 is 0 Å². The number of hydrogen-bond acceptors (Lipinski definition) is 9. The van der Waals surface area contributed by atoms with Crippen LogP contribution in [0.15, 0.2) is 101 Å². The monoisotopic (exact) mass is 584 g/mol. The van der Waals surface area contributed by atoms with E-state index in [9.17, 15) is 24.0 Å². The number of carbonyl (C=O) groups is 3. The lowest BCUT2D eigenvalue weighted by atomic mass is 10.1. The van der Waals surface area contributed by atoms with Crippen molar-refractivity contribution in [3.63, 3.8) is 0 Å². The average Bonchev–Trinajstić information content (AvgIpc) is 3.35. The molecule has 1 N–H and O–H groups in total. The van der Waals surface area contributed by atoms with E-state index in [2.05, 4.69) is 4.98 Å². The van der Waals surface area contributed by atoms with Gasteiger partial charge in [-0.1, -0.05) is 54.6 Å². The molecule has 0 bridgehead atoms. The van der Waals surface area contributed by atoms with E-state index < -0.39 is 60.3 Å². The Morgan fingerprint density at radius 3 is 1.70 bits per heavy atom. The summed E-state index contributed by atoms with van der Waals surface area (Å²) < 4.78 is 24.0. The highest BCUT2D eigenvalue weighted by Gasteiger charge is 2.52. The van der Waals surface area contributed by atoms with E-state index in [1.54, 1.807) is 73.7 Å². The van der Waals surface area contributed by atoms with Gasteiger partial charge in [0.25, 0.3) is 5.56 Å². The van der Waals surface area contributed by atoms with Gasteiger partial charge >= 0.3 is 23.6 Å². The Labute approximate surface area is 245 Å². The highest BCUT2D eigenvalue weighted by atomic mass is 16.7. The number of nitrogens with zero attached hydrogens (tertiary/aromatic N) is 1. The maximum atomic E-state index is 13.3. The molecule has 1 aromatic heterocycles. The lowest BCUT2D eigenvalue weighted by Gasteiger charge is -2.25. The second-order valence-corrected chi connectivity index (χ2v) is 9.86. The standard InChI is InChI=1S/C32H28N2O9/c1-19-20(2)33-32(39)34(27(19)35)28-26(43-31(38)23-16-10-5-11-17-23)25(42-30(37)22-14-8-4-9-15-22)24(41-28)18-40-29(36)21-12-6-3-7-13-21/h3-17,24-26,28H,18H2,1-2H3,(H,33,39)/t24-,25-,26-,28-/m1/s1. The van der Waals surface area contributed by atoms with Crippen molar-refractivity contribution in [2.45, 2.75) is 38.4 Å². The van der Waals surface area contributed by atoms with Crippen LogP contribution in [0.25, 0.3) is 0 Å². The van der Waals surface area contributed by atoms with Crippen molar-refractivity contribution < 1.29 is 33.3 Å². The number of ether oxygens (including phenoxy) is 4. The first-order valence-electron chi connectivity index (χ1n) is 13.5. The molecular weight excluding hydrogens is 556 g/mol. The quantitative estimate of drug-likeness (QED) is 0.244. The number of aromatic amines is 1. The third-order valence-corrected chi connectivity index (χ3v) is 7.05. The predicted molar refractivity (Wildman–Crippen MR) is 153 cm³/mol. The molecule has 11 nitrogen and oxygen atoms in total. The summed E-state index contributed by atoms with van der Waals surface area (Å²) in [5, 5.41) is 0. The predicted octanol–water partition coefficient (Wildman–Crippen LogP) is 3.36. The SMILES string of the molecule is Cc1[nH]c(=O)n([C@@H]2O[C@H](COC(=O)c3ccccc3)[C@@H](OC(=O)c3ccccc3)[C@H]2OC(=O)c2ccccc2)c(=O)c1C. The van der Waals surface area contributed by atoms with Crippen molar-refractivity contribution in [1.82, 2.24) is 9.55 Å². The lowest BCUT2D eigenvalue weighted by Crippen LogP contribution is -2.46. The minimum Gasteiger partial charge on any atom is -0.459 e. The molecular formula is C32H28N2O9. The minimum absolute atomic E-state index is 0.176. The molecule has 2 heterocycles. The van der Waals surface area contributed by atoms with Crippen molar-refractivity contribution >= 4 is 17.9 Å². The summed E-state index contributed by atoms with van der Waals surface area (Å²) in [5.74, 6) is -2.27. The Hall–Kier alpha value is -5.29. The zero-order chi connectivity index (χ0) is 30.5. The second-order valence-electron chi connectivity index (χ2n) is 9.86. The minimum atomic E-state index is -1.53. The van der Waals surface area contributed by atoms with Crippen LogP contribution in [-0.2, 0) is 18.9 Å². The Morgan fingerprint density at radius 1 is 0.721 bits per heavy atom. The van der Waals surface area contributed by atoms with Crippen molar-refractivity contribution in [2.24, 2.45) is 0 Å². The largest absolute Gasteiger partial charge is 0.459 e. The molecule has 0 unspecified atom stereocenters. The number of carbonyl (C=O) groups excluding carboxylic acids is 3. The molecule has 4 aromatic rings. The van der Waals surface area contributed by atoms with Gasteiger partial charge in [-0.2, -0.15) is 0 Å². The van der Waals surface area contributed by atoms with Gasteiger partial charge < -0.3 is 23.9 Å². The number of esters is 3. The van der Waals surface area contributed by atoms with Crippen LogP contribution in [-0.4, -0.2) is 52.4 Å². The Morgan fingerprint density at radius 2 is 1.19 bits per heavy atom. The van der Waals surface area contributed by atoms with E-state index in [1.165, 1.54) is 31.2 Å². The maximum Gasteiger partial charge on any atom is 0.338 e. The molecule has 1 aliphatic heterocycles. The van der Waals surface area contributed by atoms with Gasteiger partial charge in [-0.25, -0.2) is 23.7 Å². The fraction of sp³-hybridized carbons (Fsp3) is 0.219. The highest BCUT2D eigenvalue weighted by Crippen LogP contribution is 2.34. The van der Waals surface area contributed by atoms with Gasteiger partial charge in [-0.15, -0.1) is 0 Å². The van der Waals surface area contributed by atoms with Gasteiger partial charge in [0, 0.05) is 11.3 Å². The Kier molecular flexibility index (Phi) is 8.63. The van der Waals surface area contributed by atoms with Crippen LogP contribution in [0, 0.1) is 13.8 Å². The number of benzene rings is 3. The molecule has 220 valence electrons. The first-order chi connectivity index (χ1) is 20.7. The van der Waals surface area contributed by atoms with E-state index in [0.29, 0.717) is 5.69 Å². The first-order valence-corrected chi connectivity index (χ1v) is 13.5. The van der Waals surface area contributed by atoms with Crippen LogP contribution in [0.3, 0.4) is 0 Å². The van der Waals surface area contributed by atoms with Gasteiger partial charge in [0.1, 0.15) is 12.7 Å². The van der Waals surface area contributed by atoms with Crippen LogP contribution < -0.4 is 11.2 Å². The molecule has 0 spiro atoms. The molecule has 1 fully saturated rings. The molecule has 0 saturated carbocycles. The summed E-state index contributed by atoms with van der Waals surface area (Å²) in [5.41, 5.74) is -0.301. The number of aromatic nitrogens is 2. The zero-order valence-electron chi connectivity index (χ0n) is 23.3. The molecule has 11 heteroatoms. The topological polar surface area (TPSA) is 143 Å². The summed E-state index contributed by atoms with van der Waals surface area (Å²) in [7, 11) is 0. The van der Waals surface area contributed by atoms with Gasteiger partial charge in [0.15, 0.2) is 18.4 Å². The summed E-state index contributed by atoms with van der Waals surface area (Å²) in [6.07, 6.45) is -5.63.